The van der Waals surface area contributed by atoms with E-state index in [9.17, 15) is 4.79 Å². The lowest BCUT2D eigenvalue weighted by atomic mass is 10.1. The first-order valence-corrected chi connectivity index (χ1v) is 8.24. The summed E-state index contributed by atoms with van der Waals surface area (Å²) in [5.74, 6) is 0.362. The summed E-state index contributed by atoms with van der Waals surface area (Å²) in [6.45, 7) is 1.80. The zero-order chi connectivity index (χ0) is 18.6. The molecule has 132 valence electrons. The maximum atomic E-state index is 12.8. The number of hydrogen-bond acceptors (Lipinski definition) is 6. The third-order valence-corrected chi connectivity index (χ3v) is 3.98. The second-order valence-electron chi connectivity index (χ2n) is 5.79. The number of amides is 1. The molecule has 0 bridgehead atoms. The third kappa shape index (κ3) is 3.40. The minimum atomic E-state index is -0.292. The summed E-state index contributed by atoms with van der Waals surface area (Å²) in [5, 5.41) is 14.3. The summed E-state index contributed by atoms with van der Waals surface area (Å²) < 4.78 is 1.59. The zero-order valence-corrected chi connectivity index (χ0v) is 14.4. The highest BCUT2D eigenvalue weighted by atomic mass is 16.1. The Kier molecular flexibility index (Phi) is 4.36. The molecule has 4 aromatic rings. The summed E-state index contributed by atoms with van der Waals surface area (Å²) >= 11 is 0. The van der Waals surface area contributed by atoms with Crippen LogP contribution < -0.4 is 5.32 Å². The molecule has 0 unspecified atom stereocenters. The summed E-state index contributed by atoms with van der Waals surface area (Å²) in [6, 6.07) is 16.8. The molecule has 0 saturated heterocycles. The van der Waals surface area contributed by atoms with Crippen LogP contribution in [0.1, 0.15) is 16.2 Å². The predicted octanol–water partition coefficient (Wildman–Crippen LogP) is 2.68. The van der Waals surface area contributed by atoms with Gasteiger partial charge >= 0.3 is 0 Å². The number of aryl methyl sites for hydroxylation is 1. The van der Waals surface area contributed by atoms with Crippen molar-refractivity contribution in [3.63, 3.8) is 0 Å². The van der Waals surface area contributed by atoms with Crippen LogP contribution >= 0.6 is 0 Å². The summed E-state index contributed by atoms with van der Waals surface area (Å²) in [5.41, 5.74) is 3.20. The molecule has 0 spiro atoms. The summed E-state index contributed by atoms with van der Waals surface area (Å²) in [6.07, 6.45) is 2.94. The van der Waals surface area contributed by atoms with Gasteiger partial charge in [-0.15, -0.1) is 5.10 Å². The largest absolute Gasteiger partial charge is 0.322 e. The molecule has 0 saturated carbocycles. The van der Waals surface area contributed by atoms with Gasteiger partial charge in [-0.25, -0.2) is 9.97 Å². The number of anilines is 1. The fraction of sp³-hybridized carbons (Fsp3) is 0.0526. The van der Waals surface area contributed by atoms with Crippen LogP contribution in [-0.2, 0) is 0 Å². The van der Waals surface area contributed by atoms with Gasteiger partial charge in [-0.3, -0.25) is 4.79 Å². The van der Waals surface area contributed by atoms with Crippen LogP contribution in [0.15, 0.2) is 67.1 Å². The molecule has 4 rings (SSSR count). The summed E-state index contributed by atoms with van der Waals surface area (Å²) in [7, 11) is 0. The van der Waals surface area contributed by atoms with E-state index in [1.165, 1.54) is 12.5 Å². The first-order valence-electron chi connectivity index (χ1n) is 8.24. The van der Waals surface area contributed by atoms with Gasteiger partial charge in [0.05, 0.1) is 16.9 Å². The van der Waals surface area contributed by atoms with Crippen molar-refractivity contribution in [3.05, 3.63) is 78.5 Å². The topological polar surface area (TPSA) is 98.5 Å². The van der Waals surface area contributed by atoms with E-state index in [0.717, 1.165) is 11.3 Å². The SMILES string of the molecule is Cc1nnnn1-c1cccc(NC(=O)c2cncnc2-c2ccccc2)c1. The maximum absolute atomic E-state index is 12.8. The molecule has 1 N–H and O–H groups in total. The van der Waals surface area contributed by atoms with E-state index in [-0.39, 0.29) is 5.91 Å². The number of benzene rings is 2. The fourth-order valence-corrected chi connectivity index (χ4v) is 2.71. The normalized spacial score (nSPS) is 10.6. The van der Waals surface area contributed by atoms with Gasteiger partial charge in [-0.2, -0.15) is 4.68 Å². The van der Waals surface area contributed by atoms with Crippen molar-refractivity contribution in [2.75, 3.05) is 5.32 Å². The fourth-order valence-electron chi connectivity index (χ4n) is 2.71. The molecule has 0 fully saturated rings. The van der Waals surface area contributed by atoms with E-state index in [0.29, 0.717) is 22.8 Å². The molecule has 2 heterocycles. The Bertz CT molecular complexity index is 1090. The minimum absolute atomic E-state index is 0.292. The number of rotatable bonds is 4. The Hall–Kier alpha value is -3.94. The van der Waals surface area contributed by atoms with E-state index < -0.39 is 0 Å². The number of aromatic nitrogens is 6. The third-order valence-electron chi connectivity index (χ3n) is 3.98. The van der Waals surface area contributed by atoms with E-state index in [2.05, 4.69) is 30.8 Å². The smallest absolute Gasteiger partial charge is 0.259 e. The van der Waals surface area contributed by atoms with E-state index >= 15 is 0 Å². The number of carbonyl (C=O) groups excluding carboxylic acids is 1. The standard InChI is InChI=1S/C19H15N7O/c1-13-23-24-25-26(13)16-9-5-8-15(10-16)22-19(27)17-11-20-12-21-18(17)14-6-3-2-4-7-14/h2-12H,1H3,(H,22,27). The van der Waals surface area contributed by atoms with Crippen molar-refractivity contribution >= 4 is 11.6 Å². The van der Waals surface area contributed by atoms with Crippen LogP contribution in [0.5, 0.6) is 0 Å². The van der Waals surface area contributed by atoms with E-state index in [1.54, 1.807) is 23.7 Å². The highest BCUT2D eigenvalue weighted by Gasteiger charge is 2.15. The van der Waals surface area contributed by atoms with Crippen molar-refractivity contribution in [3.8, 4) is 16.9 Å². The molecular formula is C19H15N7O. The van der Waals surface area contributed by atoms with Gasteiger partial charge in [-0.05, 0) is 35.5 Å². The molecule has 27 heavy (non-hydrogen) atoms. The van der Waals surface area contributed by atoms with E-state index in [4.69, 9.17) is 0 Å². The van der Waals surface area contributed by atoms with Crippen molar-refractivity contribution in [1.82, 2.24) is 30.2 Å². The van der Waals surface area contributed by atoms with Crippen LogP contribution in [0.3, 0.4) is 0 Å². The monoisotopic (exact) mass is 357 g/mol. The summed E-state index contributed by atoms with van der Waals surface area (Å²) in [4.78, 5) is 21.1. The molecule has 0 aliphatic rings. The van der Waals surface area contributed by atoms with Crippen molar-refractivity contribution in [2.24, 2.45) is 0 Å². The Morgan fingerprint density at radius 2 is 1.93 bits per heavy atom. The minimum Gasteiger partial charge on any atom is -0.322 e. The number of hydrogen-bond donors (Lipinski definition) is 1. The van der Waals surface area contributed by atoms with Crippen LogP contribution in [0.2, 0.25) is 0 Å². The number of nitrogens with zero attached hydrogens (tertiary/aromatic N) is 6. The lowest BCUT2D eigenvalue weighted by Crippen LogP contribution is -2.14. The number of carbonyl (C=O) groups is 1. The molecule has 8 nitrogen and oxygen atoms in total. The average Bonchev–Trinajstić information content (AvgIpc) is 3.15. The van der Waals surface area contributed by atoms with Gasteiger partial charge < -0.3 is 5.32 Å². The second-order valence-corrected chi connectivity index (χ2v) is 5.79. The Morgan fingerprint density at radius 3 is 2.70 bits per heavy atom. The number of tetrazole rings is 1. The Labute approximate surface area is 154 Å². The lowest BCUT2D eigenvalue weighted by Gasteiger charge is -2.10. The number of nitrogens with one attached hydrogen (secondary N) is 1. The molecular weight excluding hydrogens is 342 g/mol. The molecule has 8 heteroatoms. The van der Waals surface area contributed by atoms with Gasteiger partial charge in [0.1, 0.15) is 6.33 Å². The molecule has 2 aromatic heterocycles. The molecule has 0 atom stereocenters. The Balaban J connectivity index is 1.64. The Morgan fingerprint density at radius 1 is 1.07 bits per heavy atom. The molecule has 0 radical (unpaired) electrons. The quantitative estimate of drug-likeness (QED) is 0.603. The first kappa shape index (κ1) is 16.5. The van der Waals surface area contributed by atoms with Gasteiger partial charge in [0.2, 0.25) is 0 Å². The molecule has 0 aliphatic heterocycles. The molecule has 1 amide bonds. The first-order chi connectivity index (χ1) is 13.2. The molecule has 0 aliphatic carbocycles. The van der Waals surface area contributed by atoms with Gasteiger partial charge in [-0.1, -0.05) is 36.4 Å². The highest BCUT2D eigenvalue weighted by molar-refractivity contribution is 6.07. The predicted molar refractivity (Wildman–Crippen MR) is 99.3 cm³/mol. The maximum Gasteiger partial charge on any atom is 0.259 e. The van der Waals surface area contributed by atoms with Crippen molar-refractivity contribution < 1.29 is 4.79 Å². The zero-order valence-electron chi connectivity index (χ0n) is 14.4. The van der Waals surface area contributed by atoms with Gasteiger partial charge in [0.15, 0.2) is 5.82 Å². The van der Waals surface area contributed by atoms with Crippen LogP contribution in [0.25, 0.3) is 16.9 Å². The van der Waals surface area contributed by atoms with Crippen molar-refractivity contribution in [1.29, 1.82) is 0 Å². The van der Waals surface area contributed by atoms with Crippen LogP contribution in [-0.4, -0.2) is 36.1 Å². The van der Waals surface area contributed by atoms with Crippen LogP contribution in [0, 0.1) is 6.92 Å². The highest BCUT2D eigenvalue weighted by Crippen LogP contribution is 2.22. The second kappa shape index (κ2) is 7.12. The lowest BCUT2D eigenvalue weighted by molar-refractivity contribution is 0.102. The van der Waals surface area contributed by atoms with Gasteiger partial charge in [0.25, 0.3) is 5.91 Å². The van der Waals surface area contributed by atoms with Crippen molar-refractivity contribution in [2.45, 2.75) is 6.92 Å². The average molecular weight is 357 g/mol. The van der Waals surface area contributed by atoms with E-state index in [1.807, 2.05) is 42.5 Å². The van der Waals surface area contributed by atoms with Crippen LogP contribution in [0.4, 0.5) is 5.69 Å². The van der Waals surface area contributed by atoms with Gasteiger partial charge in [0, 0.05) is 17.4 Å². The molecule has 2 aromatic carbocycles.